The van der Waals surface area contributed by atoms with Crippen molar-refractivity contribution in [1.82, 2.24) is 9.78 Å². The summed E-state index contributed by atoms with van der Waals surface area (Å²) >= 11 is 3.55. The highest BCUT2D eigenvalue weighted by Crippen LogP contribution is 2.24. The Hall–Kier alpha value is -1.13. The third-order valence-corrected chi connectivity index (χ3v) is 3.98. The second kappa shape index (κ2) is 5.02. The normalized spacial score (nSPS) is 10.8. The van der Waals surface area contributed by atoms with Crippen LogP contribution in [0.3, 0.4) is 0 Å². The largest absolute Gasteiger partial charge is 0.330 e. The first-order chi connectivity index (χ1) is 8.15. The number of aromatic nitrogens is 2. The predicted octanol–water partition coefficient (Wildman–Crippen LogP) is 2.75. The second-order valence-electron chi connectivity index (χ2n) is 4.06. The summed E-state index contributed by atoms with van der Waals surface area (Å²) in [4.78, 5) is 0. The van der Waals surface area contributed by atoms with E-state index >= 15 is 0 Å². The van der Waals surface area contributed by atoms with Gasteiger partial charge < -0.3 is 5.73 Å². The van der Waals surface area contributed by atoms with Crippen LogP contribution in [-0.2, 0) is 6.42 Å². The van der Waals surface area contributed by atoms with Gasteiger partial charge in [-0.3, -0.25) is 0 Å². The van der Waals surface area contributed by atoms with E-state index < -0.39 is 0 Å². The zero-order chi connectivity index (χ0) is 12.4. The Labute approximate surface area is 110 Å². The molecule has 3 nitrogen and oxygen atoms in total. The highest BCUT2D eigenvalue weighted by molar-refractivity contribution is 9.10. The van der Waals surface area contributed by atoms with E-state index in [9.17, 15) is 0 Å². The van der Waals surface area contributed by atoms with Crippen molar-refractivity contribution in [3.05, 3.63) is 45.7 Å². The molecule has 0 saturated heterocycles. The molecular weight excluding hydrogens is 278 g/mol. The van der Waals surface area contributed by atoms with Gasteiger partial charge in [0.25, 0.3) is 0 Å². The molecule has 0 radical (unpaired) electrons. The molecular formula is C13H16BrN3. The van der Waals surface area contributed by atoms with Crippen LogP contribution in [0.25, 0.3) is 5.69 Å². The van der Waals surface area contributed by atoms with Gasteiger partial charge in [0.05, 0.1) is 21.5 Å². The maximum atomic E-state index is 5.64. The quantitative estimate of drug-likeness (QED) is 0.946. The summed E-state index contributed by atoms with van der Waals surface area (Å²) in [5.74, 6) is 0. The Balaban J connectivity index is 2.56. The summed E-state index contributed by atoms with van der Waals surface area (Å²) in [6.07, 6.45) is 0.867. The van der Waals surface area contributed by atoms with Crippen LogP contribution in [0.4, 0.5) is 0 Å². The highest BCUT2D eigenvalue weighted by Gasteiger charge is 2.12. The standard InChI is InChI=1S/C13H16BrN3/c1-9-13(14)10(2)17(16-9)12-6-4-3-5-11(12)7-8-15/h3-6H,7-8,15H2,1-2H3. The van der Waals surface area contributed by atoms with Gasteiger partial charge in [-0.1, -0.05) is 18.2 Å². The molecule has 0 aliphatic heterocycles. The fourth-order valence-electron chi connectivity index (χ4n) is 1.94. The van der Waals surface area contributed by atoms with Crippen LogP contribution in [0.2, 0.25) is 0 Å². The van der Waals surface area contributed by atoms with E-state index in [1.807, 2.05) is 23.7 Å². The van der Waals surface area contributed by atoms with Crippen molar-refractivity contribution in [3.8, 4) is 5.69 Å². The number of nitrogens with zero attached hydrogens (tertiary/aromatic N) is 2. The summed E-state index contributed by atoms with van der Waals surface area (Å²) in [7, 11) is 0. The molecule has 90 valence electrons. The lowest BCUT2D eigenvalue weighted by atomic mass is 10.1. The Bertz CT molecular complexity index is 531. The van der Waals surface area contributed by atoms with E-state index in [4.69, 9.17) is 5.73 Å². The van der Waals surface area contributed by atoms with Gasteiger partial charge in [-0.2, -0.15) is 5.10 Å². The molecule has 0 aliphatic carbocycles. The first-order valence-corrected chi connectivity index (χ1v) is 6.44. The van der Waals surface area contributed by atoms with Crippen LogP contribution in [0.5, 0.6) is 0 Å². The Morgan fingerprint density at radius 3 is 2.59 bits per heavy atom. The SMILES string of the molecule is Cc1nn(-c2ccccc2CCN)c(C)c1Br. The fraction of sp³-hybridized carbons (Fsp3) is 0.308. The van der Waals surface area contributed by atoms with E-state index in [1.54, 1.807) is 0 Å². The van der Waals surface area contributed by atoms with E-state index in [1.165, 1.54) is 5.56 Å². The van der Waals surface area contributed by atoms with Crippen LogP contribution >= 0.6 is 15.9 Å². The number of halogens is 1. The summed E-state index contributed by atoms with van der Waals surface area (Å²) in [5, 5.41) is 4.55. The minimum absolute atomic E-state index is 0.650. The van der Waals surface area contributed by atoms with Crippen molar-refractivity contribution in [3.63, 3.8) is 0 Å². The third kappa shape index (κ3) is 2.28. The smallest absolute Gasteiger partial charge is 0.0743 e. The predicted molar refractivity (Wildman–Crippen MR) is 73.5 cm³/mol. The van der Waals surface area contributed by atoms with Crippen molar-refractivity contribution in [1.29, 1.82) is 0 Å². The van der Waals surface area contributed by atoms with Gasteiger partial charge in [0, 0.05) is 0 Å². The van der Waals surface area contributed by atoms with E-state index in [0.29, 0.717) is 6.54 Å². The van der Waals surface area contributed by atoms with E-state index in [-0.39, 0.29) is 0 Å². The van der Waals surface area contributed by atoms with Crippen molar-refractivity contribution in [2.75, 3.05) is 6.54 Å². The van der Waals surface area contributed by atoms with Gasteiger partial charge in [0.2, 0.25) is 0 Å². The lowest BCUT2D eigenvalue weighted by Crippen LogP contribution is -2.08. The van der Waals surface area contributed by atoms with Crippen molar-refractivity contribution in [2.24, 2.45) is 5.73 Å². The van der Waals surface area contributed by atoms with Crippen molar-refractivity contribution < 1.29 is 0 Å². The van der Waals surface area contributed by atoms with Crippen molar-refractivity contribution in [2.45, 2.75) is 20.3 Å². The molecule has 0 amide bonds. The second-order valence-corrected chi connectivity index (χ2v) is 4.86. The molecule has 1 aromatic carbocycles. The molecule has 4 heteroatoms. The van der Waals surface area contributed by atoms with Gasteiger partial charge >= 0.3 is 0 Å². The number of benzene rings is 1. The number of hydrogen-bond donors (Lipinski definition) is 1. The lowest BCUT2D eigenvalue weighted by molar-refractivity contribution is 0.813. The molecule has 0 fully saturated rings. The third-order valence-electron chi connectivity index (χ3n) is 2.84. The molecule has 0 bridgehead atoms. The monoisotopic (exact) mass is 293 g/mol. The van der Waals surface area contributed by atoms with Gasteiger partial charge in [-0.05, 0) is 54.4 Å². The topological polar surface area (TPSA) is 43.8 Å². The number of para-hydroxylation sites is 1. The molecule has 0 spiro atoms. The Morgan fingerprint density at radius 1 is 1.29 bits per heavy atom. The average molecular weight is 294 g/mol. The van der Waals surface area contributed by atoms with Crippen LogP contribution in [0.1, 0.15) is 17.0 Å². The molecule has 1 heterocycles. The Kier molecular flexibility index (Phi) is 3.64. The summed E-state index contributed by atoms with van der Waals surface area (Å²) < 4.78 is 3.05. The zero-order valence-electron chi connectivity index (χ0n) is 10.1. The zero-order valence-corrected chi connectivity index (χ0v) is 11.7. The van der Waals surface area contributed by atoms with Crippen LogP contribution < -0.4 is 5.73 Å². The first-order valence-electron chi connectivity index (χ1n) is 5.65. The molecule has 2 rings (SSSR count). The molecule has 0 unspecified atom stereocenters. The van der Waals surface area contributed by atoms with Crippen LogP contribution in [0, 0.1) is 13.8 Å². The number of rotatable bonds is 3. The Morgan fingerprint density at radius 2 is 2.00 bits per heavy atom. The minimum Gasteiger partial charge on any atom is -0.330 e. The van der Waals surface area contributed by atoms with Crippen LogP contribution in [0.15, 0.2) is 28.7 Å². The summed E-state index contributed by atoms with van der Waals surface area (Å²) in [6.45, 7) is 4.71. The molecule has 2 aromatic rings. The summed E-state index contributed by atoms with van der Waals surface area (Å²) in [5.41, 5.74) is 10.1. The molecule has 0 aliphatic rings. The van der Waals surface area contributed by atoms with Gasteiger partial charge in [0.1, 0.15) is 0 Å². The summed E-state index contributed by atoms with van der Waals surface area (Å²) in [6, 6.07) is 8.25. The minimum atomic E-state index is 0.650. The molecule has 2 N–H and O–H groups in total. The maximum absolute atomic E-state index is 5.64. The number of nitrogens with two attached hydrogens (primary N) is 1. The maximum Gasteiger partial charge on any atom is 0.0743 e. The van der Waals surface area contributed by atoms with Crippen LogP contribution in [-0.4, -0.2) is 16.3 Å². The molecule has 17 heavy (non-hydrogen) atoms. The first kappa shape index (κ1) is 12.3. The average Bonchev–Trinajstić information content (AvgIpc) is 2.58. The van der Waals surface area contributed by atoms with Gasteiger partial charge in [-0.15, -0.1) is 0 Å². The van der Waals surface area contributed by atoms with E-state index in [0.717, 1.165) is 28.0 Å². The molecule has 1 aromatic heterocycles. The van der Waals surface area contributed by atoms with E-state index in [2.05, 4.69) is 40.1 Å². The lowest BCUT2D eigenvalue weighted by Gasteiger charge is -2.10. The number of hydrogen-bond acceptors (Lipinski definition) is 2. The fourth-order valence-corrected chi connectivity index (χ4v) is 2.19. The molecule has 0 atom stereocenters. The van der Waals surface area contributed by atoms with Gasteiger partial charge in [0.15, 0.2) is 0 Å². The number of aryl methyl sites for hydroxylation is 1. The molecule has 0 saturated carbocycles. The highest BCUT2D eigenvalue weighted by atomic mass is 79.9. The van der Waals surface area contributed by atoms with Crippen molar-refractivity contribution >= 4 is 15.9 Å². The van der Waals surface area contributed by atoms with Gasteiger partial charge in [-0.25, -0.2) is 4.68 Å².